The number of carbonyl (C=O) groups excluding carboxylic acids is 1. The SMILES string of the molecule is CCOCCN(CC)C(=O)C(C)C(N)c1ccccc1.Cl. The van der Waals surface area contributed by atoms with Crippen molar-refractivity contribution in [1.29, 1.82) is 0 Å². The molecule has 0 saturated carbocycles. The summed E-state index contributed by atoms with van der Waals surface area (Å²) in [4.78, 5) is 14.3. The summed E-state index contributed by atoms with van der Waals surface area (Å²) in [5.74, 6) is -0.150. The molecule has 0 bridgehead atoms. The van der Waals surface area contributed by atoms with Crippen LogP contribution in [0.25, 0.3) is 0 Å². The molecule has 1 aromatic carbocycles. The van der Waals surface area contributed by atoms with E-state index in [2.05, 4.69) is 0 Å². The van der Waals surface area contributed by atoms with Crippen molar-refractivity contribution in [2.24, 2.45) is 11.7 Å². The second-order valence-electron chi connectivity index (χ2n) is 4.84. The number of ether oxygens (including phenoxy) is 1. The number of rotatable bonds is 8. The predicted molar refractivity (Wildman–Crippen MR) is 88.5 cm³/mol. The summed E-state index contributed by atoms with van der Waals surface area (Å²) in [6.07, 6.45) is 0. The van der Waals surface area contributed by atoms with Gasteiger partial charge in [-0.25, -0.2) is 0 Å². The quantitative estimate of drug-likeness (QED) is 0.750. The topological polar surface area (TPSA) is 55.6 Å². The molecule has 2 unspecified atom stereocenters. The van der Waals surface area contributed by atoms with E-state index in [-0.39, 0.29) is 30.3 Å². The lowest BCUT2D eigenvalue weighted by molar-refractivity contribution is -0.136. The van der Waals surface area contributed by atoms with E-state index in [1.165, 1.54) is 0 Å². The molecule has 1 amide bonds. The Hall–Kier alpha value is -1.10. The Morgan fingerprint density at radius 1 is 1.29 bits per heavy atom. The zero-order valence-corrected chi connectivity index (χ0v) is 13.9. The fraction of sp³-hybridized carbons (Fsp3) is 0.562. The molecule has 0 aromatic heterocycles. The van der Waals surface area contributed by atoms with E-state index in [0.29, 0.717) is 26.3 Å². The van der Waals surface area contributed by atoms with Crippen LogP contribution in [-0.2, 0) is 9.53 Å². The summed E-state index contributed by atoms with van der Waals surface area (Å²) in [6, 6.07) is 9.49. The van der Waals surface area contributed by atoms with Gasteiger partial charge in [0, 0.05) is 25.7 Å². The number of nitrogens with two attached hydrogens (primary N) is 1. The van der Waals surface area contributed by atoms with Crippen LogP contribution >= 0.6 is 12.4 Å². The minimum absolute atomic E-state index is 0. The van der Waals surface area contributed by atoms with Gasteiger partial charge < -0.3 is 15.4 Å². The molecule has 120 valence electrons. The maximum absolute atomic E-state index is 12.5. The first kappa shape index (κ1) is 19.9. The lowest BCUT2D eigenvalue weighted by Gasteiger charge is -2.27. The largest absolute Gasteiger partial charge is 0.380 e. The highest BCUT2D eigenvalue weighted by molar-refractivity contribution is 5.85. The number of carbonyl (C=O) groups is 1. The monoisotopic (exact) mass is 314 g/mol. The van der Waals surface area contributed by atoms with E-state index < -0.39 is 0 Å². The van der Waals surface area contributed by atoms with Crippen molar-refractivity contribution >= 4 is 18.3 Å². The first-order chi connectivity index (χ1) is 9.61. The summed E-state index contributed by atoms with van der Waals surface area (Å²) >= 11 is 0. The molecular formula is C16H27ClN2O2. The summed E-state index contributed by atoms with van der Waals surface area (Å²) in [5, 5.41) is 0. The highest BCUT2D eigenvalue weighted by Crippen LogP contribution is 2.20. The second-order valence-corrected chi connectivity index (χ2v) is 4.84. The molecule has 1 rings (SSSR count). The molecule has 1 aromatic rings. The van der Waals surface area contributed by atoms with Gasteiger partial charge in [0.1, 0.15) is 0 Å². The van der Waals surface area contributed by atoms with Crippen LogP contribution in [0, 0.1) is 5.92 Å². The van der Waals surface area contributed by atoms with Gasteiger partial charge in [-0.05, 0) is 19.4 Å². The van der Waals surface area contributed by atoms with E-state index in [0.717, 1.165) is 5.56 Å². The summed E-state index contributed by atoms with van der Waals surface area (Å²) < 4.78 is 5.32. The number of halogens is 1. The maximum Gasteiger partial charge on any atom is 0.227 e. The highest BCUT2D eigenvalue weighted by atomic mass is 35.5. The van der Waals surface area contributed by atoms with Gasteiger partial charge >= 0.3 is 0 Å². The standard InChI is InChI=1S/C16H26N2O2.ClH/c1-4-18(11-12-20-5-2)16(19)13(3)15(17)14-9-7-6-8-10-14;/h6-10,13,15H,4-5,11-12,17H2,1-3H3;1H. The Morgan fingerprint density at radius 3 is 2.43 bits per heavy atom. The van der Waals surface area contributed by atoms with E-state index >= 15 is 0 Å². The van der Waals surface area contributed by atoms with Gasteiger partial charge in [-0.15, -0.1) is 12.4 Å². The van der Waals surface area contributed by atoms with E-state index in [9.17, 15) is 4.79 Å². The molecule has 0 spiro atoms. The number of hydrogen-bond donors (Lipinski definition) is 1. The van der Waals surface area contributed by atoms with Crippen molar-refractivity contribution in [3.05, 3.63) is 35.9 Å². The Bertz CT molecular complexity index is 401. The number of likely N-dealkylation sites (N-methyl/N-ethyl adjacent to an activating group) is 1. The van der Waals surface area contributed by atoms with Crippen molar-refractivity contribution in [3.63, 3.8) is 0 Å². The molecule has 21 heavy (non-hydrogen) atoms. The Kier molecular flexibility index (Phi) is 10.0. The normalized spacial score (nSPS) is 13.1. The Labute approximate surface area is 134 Å². The van der Waals surface area contributed by atoms with Crippen molar-refractivity contribution in [3.8, 4) is 0 Å². The molecular weight excluding hydrogens is 288 g/mol. The third kappa shape index (κ3) is 6.04. The second kappa shape index (κ2) is 10.6. The van der Waals surface area contributed by atoms with E-state index in [4.69, 9.17) is 10.5 Å². The Morgan fingerprint density at radius 2 is 1.90 bits per heavy atom. The van der Waals surface area contributed by atoms with Crippen molar-refractivity contribution in [1.82, 2.24) is 4.90 Å². The zero-order chi connectivity index (χ0) is 15.0. The lowest BCUT2D eigenvalue weighted by atomic mass is 9.94. The zero-order valence-electron chi connectivity index (χ0n) is 13.1. The molecule has 0 aliphatic carbocycles. The van der Waals surface area contributed by atoms with E-state index in [1.807, 2.05) is 56.0 Å². The smallest absolute Gasteiger partial charge is 0.227 e. The fourth-order valence-electron chi connectivity index (χ4n) is 2.15. The van der Waals surface area contributed by atoms with Crippen molar-refractivity contribution < 1.29 is 9.53 Å². The molecule has 0 radical (unpaired) electrons. The number of hydrogen-bond acceptors (Lipinski definition) is 3. The predicted octanol–water partition coefficient (Wildman–Crippen LogP) is 2.63. The van der Waals surface area contributed by atoms with Gasteiger partial charge in [0.05, 0.1) is 12.5 Å². The van der Waals surface area contributed by atoms with Gasteiger partial charge in [-0.1, -0.05) is 37.3 Å². The van der Waals surface area contributed by atoms with Crippen LogP contribution < -0.4 is 5.73 Å². The van der Waals surface area contributed by atoms with Gasteiger partial charge in [-0.2, -0.15) is 0 Å². The molecule has 0 aliphatic rings. The lowest BCUT2D eigenvalue weighted by Crippen LogP contribution is -2.41. The molecule has 0 heterocycles. The molecule has 0 fully saturated rings. The minimum Gasteiger partial charge on any atom is -0.380 e. The molecule has 5 heteroatoms. The van der Waals surface area contributed by atoms with Crippen LogP contribution in [0.5, 0.6) is 0 Å². The van der Waals surface area contributed by atoms with Crippen LogP contribution in [0.15, 0.2) is 30.3 Å². The third-order valence-electron chi connectivity index (χ3n) is 3.52. The highest BCUT2D eigenvalue weighted by Gasteiger charge is 2.25. The summed E-state index contributed by atoms with van der Waals surface area (Å²) in [7, 11) is 0. The molecule has 2 N–H and O–H groups in total. The van der Waals surface area contributed by atoms with Crippen molar-refractivity contribution in [2.75, 3.05) is 26.3 Å². The molecule has 2 atom stereocenters. The van der Waals surface area contributed by atoms with Crippen LogP contribution in [0.1, 0.15) is 32.4 Å². The Balaban J connectivity index is 0.00000400. The van der Waals surface area contributed by atoms with E-state index in [1.54, 1.807) is 0 Å². The minimum atomic E-state index is -0.273. The van der Waals surface area contributed by atoms with Crippen LogP contribution in [-0.4, -0.2) is 37.1 Å². The van der Waals surface area contributed by atoms with Gasteiger partial charge in [0.15, 0.2) is 0 Å². The molecule has 4 nitrogen and oxygen atoms in total. The third-order valence-corrected chi connectivity index (χ3v) is 3.52. The number of benzene rings is 1. The van der Waals surface area contributed by atoms with Crippen LogP contribution in [0.3, 0.4) is 0 Å². The maximum atomic E-state index is 12.5. The summed E-state index contributed by atoms with van der Waals surface area (Å²) in [6.45, 7) is 8.36. The van der Waals surface area contributed by atoms with Gasteiger partial charge in [0.25, 0.3) is 0 Å². The van der Waals surface area contributed by atoms with Crippen molar-refractivity contribution in [2.45, 2.75) is 26.8 Å². The van der Waals surface area contributed by atoms with Crippen LogP contribution in [0.2, 0.25) is 0 Å². The van der Waals surface area contributed by atoms with Crippen LogP contribution in [0.4, 0.5) is 0 Å². The van der Waals surface area contributed by atoms with Gasteiger partial charge in [0.2, 0.25) is 5.91 Å². The fourth-order valence-corrected chi connectivity index (χ4v) is 2.15. The molecule has 0 saturated heterocycles. The first-order valence-electron chi connectivity index (χ1n) is 7.28. The average molecular weight is 315 g/mol. The summed E-state index contributed by atoms with van der Waals surface area (Å²) in [5.41, 5.74) is 7.20. The average Bonchev–Trinajstić information content (AvgIpc) is 2.50. The number of nitrogens with zero attached hydrogens (tertiary/aromatic N) is 1. The van der Waals surface area contributed by atoms with Gasteiger partial charge in [-0.3, -0.25) is 4.79 Å². The first-order valence-corrected chi connectivity index (χ1v) is 7.28. The molecule has 0 aliphatic heterocycles. The number of amides is 1.